The van der Waals surface area contributed by atoms with Gasteiger partial charge in [-0.05, 0) is 26.3 Å². The molecule has 1 aliphatic heterocycles. The van der Waals surface area contributed by atoms with Gasteiger partial charge in [0.05, 0.1) is 6.04 Å². The van der Waals surface area contributed by atoms with Gasteiger partial charge in [0.1, 0.15) is 11.4 Å². The van der Waals surface area contributed by atoms with Gasteiger partial charge in [0.15, 0.2) is 0 Å². The Hall–Kier alpha value is -1.55. The van der Waals surface area contributed by atoms with Crippen molar-refractivity contribution in [2.24, 2.45) is 0 Å². The van der Waals surface area contributed by atoms with Gasteiger partial charge in [-0.3, -0.25) is 4.79 Å². The van der Waals surface area contributed by atoms with Crippen LogP contribution in [-0.2, 0) is 17.8 Å². The Morgan fingerprint density at radius 3 is 2.89 bits per heavy atom. The smallest absolute Gasteiger partial charge is 0.236 e. The van der Waals surface area contributed by atoms with Crippen molar-refractivity contribution in [2.45, 2.75) is 45.4 Å². The number of carbonyl (C=O) groups is 1. The lowest BCUT2D eigenvalue weighted by molar-refractivity contribution is -0.122. The molecule has 1 heterocycles. The minimum absolute atomic E-state index is 0.00572. The fourth-order valence-corrected chi connectivity index (χ4v) is 2.39. The lowest BCUT2D eigenvalue weighted by Gasteiger charge is -2.19. The lowest BCUT2D eigenvalue weighted by atomic mass is 10.0. The van der Waals surface area contributed by atoms with Gasteiger partial charge in [0, 0.05) is 25.6 Å². The number of para-hydroxylation sites is 1. The van der Waals surface area contributed by atoms with E-state index in [1.807, 2.05) is 19.1 Å². The molecule has 19 heavy (non-hydrogen) atoms. The highest BCUT2D eigenvalue weighted by Crippen LogP contribution is 2.37. The topological polar surface area (TPSA) is 50.4 Å². The first kappa shape index (κ1) is 13.9. The van der Waals surface area contributed by atoms with Crippen molar-refractivity contribution >= 4 is 5.91 Å². The van der Waals surface area contributed by atoms with Crippen molar-refractivity contribution in [3.05, 3.63) is 29.3 Å². The van der Waals surface area contributed by atoms with E-state index in [9.17, 15) is 4.79 Å². The molecule has 104 valence electrons. The number of amides is 1. The molecule has 1 atom stereocenters. The summed E-state index contributed by atoms with van der Waals surface area (Å²) < 4.78 is 6.00. The lowest BCUT2D eigenvalue weighted by Crippen LogP contribution is -2.40. The van der Waals surface area contributed by atoms with Crippen molar-refractivity contribution < 1.29 is 9.53 Å². The van der Waals surface area contributed by atoms with Crippen LogP contribution in [0, 0.1) is 0 Å². The van der Waals surface area contributed by atoms with Crippen LogP contribution in [0.4, 0.5) is 0 Å². The first-order valence-corrected chi connectivity index (χ1v) is 6.68. The Labute approximate surface area is 114 Å². The number of carbonyl (C=O) groups excluding carboxylic acids is 1. The van der Waals surface area contributed by atoms with Crippen LogP contribution in [-0.4, -0.2) is 24.6 Å². The van der Waals surface area contributed by atoms with E-state index in [2.05, 4.69) is 30.5 Å². The standard InChI is InChI=1S/C15H22N2O2/c1-10(14(18)16-4)17-9-12-7-5-6-11-8-15(2,3)19-13(11)12/h5-7,10,17H,8-9H2,1-4H3,(H,16,18). The molecule has 1 aliphatic rings. The molecule has 0 bridgehead atoms. The molecule has 0 saturated carbocycles. The number of hydrogen-bond acceptors (Lipinski definition) is 3. The van der Waals surface area contributed by atoms with E-state index < -0.39 is 0 Å². The maximum Gasteiger partial charge on any atom is 0.236 e. The first-order chi connectivity index (χ1) is 8.93. The molecule has 4 heteroatoms. The Balaban J connectivity index is 2.08. The van der Waals surface area contributed by atoms with Crippen LogP contribution in [0.2, 0.25) is 0 Å². The summed E-state index contributed by atoms with van der Waals surface area (Å²) >= 11 is 0. The predicted octanol–water partition coefficient (Wildman–Crippen LogP) is 1.62. The summed E-state index contributed by atoms with van der Waals surface area (Å²) in [5.41, 5.74) is 2.22. The van der Waals surface area contributed by atoms with E-state index in [4.69, 9.17) is 4.74 Å². The molecule has 1 aromatic carbocycles. The van der Waals surface area contributed by atoms with Gasteiger partial charge in [-0.15, -0.1) is 0 Å². The largest absolute Gasteiger partial charge is 0.487 e. The fraction of sp³-hybridized carbons (Fsp3) is 0.533. The van der Waals surface area contributed by atoms with E-state index in [0.717, 1.165) is 17.7 Å². The quantitative estimate of drug-likeness (QED) is 0.867. The number of benzene rings is 1. The maximum absolute atomic E-state index is 11.5. The fourth-order valence-electron chi connectivity index (χ4n) is 2.39. The van der Waals surface area contributed by atoms with Gasteiger partial charge in [0.25, 0.3) is 0 Å². The van der Waals surface area contributed by atoms with Crippen molar-refractivity contribution in [2.75, 3.05) is 7.05 Å². The van der Waals surface area contributed by atoms with Crippen LogP contribution in [0.25, 0.3) is 0 Å². The Bertz CT molecular complexity index is 483. The SMILES string of the molecule is CNC(=O)C(C)NCc1cccc2c1OC(C)(C)C2. The summed E-state index contributed by atoms with van der Waals surface area (Å²) in [6.45, 7) is 6.68. The van der Waals surface area contributed by atoms with Gasteiger partial charge in [-0.2, -0.15) is 0 Å². The van der Waals surface area contributed by atoms with Gasteiger partial charge in [-0.1, -0.05) is 18.2 Å². The highest BCUT2D eigenvalue weighted by Gasteiger charge is 2.31. The van der Waals surface area contributed by atoms with E-state index in [0.29, 0.717) is 6.54 Å². The third kappa shape index (κ3) is 3.07. The van der Waals surface area contributed by atoms with Crippen LogP contribution in [0.15, 0.2) is 18.2 Å². The second kappa shape index (κ2) is 5.21. The zero-order chi connectivity index (χ0) is 14.0. The third-order valence-electron chi connectivity index (χ3n) is 3.41. The number of nitrogens with one attached hydrogen (secondary N) is 2. The number of likely N-dealkylation sites (N-methyl/N-ethyl adjacent to an activating group) is 1. The number of rotatable bonds is 4. The summed E-state index contributed by atoms with van der Waals surface area (Å²) in [7, 11) is 1.65. The zero-order valence-corrected chi connectivity index (χ0v) is 12.0. The van der Waals surface area contributed by atoms with Crippen LogP contribution in [0.1, 0.15) is 31.9 Å². The van der Waals surface area contributed by atoms with Crippen molar-refractivity contribution in [1.82, 2.24) is 10.6 Å². The molecular formula is C15H22N2O2. The van der Waals surface area contributed by atoms with Crippen molar-refractivity contribution in [3.8, 4) is 5.75 Å². The normalized spacial score (nSPS) is 17.5. The van der Waals surface area contributed by atoms with Crippen LogP contribution in [0.5, 0.6) is 5.75 Å². The molecule has 0 saturated heterocycles. The van der Waals surface area contributed by atoms with Gasteiger partial charge < -0.3 is 15.4 Å². The molecule has 4 nitrogen and oxygen atoms in total. The summed E-state index contributed by atoms with van der Waals surface area (Å²) in [6, 6.07) is 5.99. The summed E-state index contributed by atoms with van der Waals surface area (Å²) in [6.07, 6.45) is 0.932. The molecule has 0 aliphatic carbocycles. The minimum Gasteiger partial charge on any atom is -0.487 e. The van der Waals surface area contributed by atoms with E-state index in [1.165, 1.54) is 5.56 Å². The highest BCUT2D eigenvalue weighted by atomic mass is 16.5. The first-order valence-electron chi connectivity index (χ1n) is 6.68. The Kier molecular flexibility index (Phi) is 3.80. The van der Waals surface area contributed by atoms with Gasteiger partial charge in [-0.25, -0.2) is 0 Å². The number of hydrogen-bond donors (Lipinski definition) is 2. The average Bonchev–Trinajstić information content (AvgIpc) is 2.69. The van der Waals surface area contributed by atoms with Crippen molar-refractivity contribution in [3.63, 3.8) is 0 Å². The second-order valence-corrected chi connectivity index (χ2v) is 5.66. The Morgan fingerprint density at radius 2 is 2.21 bits per heavy atom. The predicted molar refractivity (Wildman–Crippen MR) is 75.2 cm³/mol. The van der Waals surface area contributed by atoms with Crippen molar-refractivity contribution in [1.29, 1.82) is 0 Å². The van der Waals surface area contributed by atoms with Crippen LogP contribution in [0.3, 0.4) is 0 Å². The third-order valence-corrected chi connectivity index (χ3v) is 3.41. The van der Waals surface area contributed by atoms with E-state index in [-0.39, 0.29) is 17.6 Å². The summed E-state index contributed by atoms with van der Waals surface area (Å²) in [5, 5.41) is 5.85. The maximum atomic E-state index is 11.5. The highest BCUT2D eigenvalue weighted by molar-refractivity contribution is 5.80. The van der Waals surface area contributed by atoms with E-state index in [1.54, 1.807) is 7.05 Å². The molecule has 0 aromatic heterocycles. The second-order valence-electron chi connectivity index (χ2n) is 5.66. The zero-order valence-electron chi connectivity index (χ0n) is 12.0. The molecule has 0 fully saturated rings. The summed E-state index contributed by atoms with van der Waals surface area (Å²) in [4.78, 5) is 11.5. The monoisotopic (exact) mass is 262 g/mol. The molecule has 0 spiro atoms. The van der Waals surface area contributed by atoms with Gasteiger partial charge in [0.2, 0.25) is 5.91 Å². The molecular weight excluding hydrogens is 240 g/mol. The minimum atomic E-state index is -0.213. The molecule has 2 N–H and O–H groups in total. The van der Waals surface area contributed by atoms with Crippen LogP contribution < -0.4 is 15.4 Å². The Morgan fingerprint density at radius 1 is 1.47 bits per heavy atom. The molecule has 1 unspecified atom stereocenters. The number of ether oxygens (including phenoxy) is 1. The molecule has 2 rings (SSSR count). The molecule has 1 aromatic rings. The molecule has 1 amide bonds. The van der Waals surface area contributed by atoms with Gasteiger partial charge >= 0.3 is 0 Å². The molecule has 0 radical (unpaired) electrons. The van der Waals surface area contributed by atoms with Crippen LogP contribution >= 0.6 is 0 Å². The number of fused-ring (bicyclic) bond motifs is 1. The summed E-state index contributed by atoms with van der Waals surface area (Å²) in [5.74, 6) is 0.970. The average molecular weight is 262 g/mol. The van der Waals surface area contributed by atoms with E-state index >= 15 is 0 Å².